The number of aromatic nitrogens is 3. The fraction of sp³-hybridized carbons (Fsp3) is 0.273. The molecule has 0 aliphatic carbocycles. The number of carbonyl (C=O) groups excluding carboxylic acids is 1. The smallest absolute Gasteiger partial charge is 0.325 e. The zero-order chi connectivity index (χ0) is 12.6. The van der Waals surface area contributed by atoms with Crippen LogP contribution in [0, 0.1) is 6.92 Å². The third-order valence-corrected chi connectivity index (χ3v) is 2.39. The van der Waals surface area contributed by atoms with Crippen LogP contribution >= 0.6 is 0 Å². The van der Waals surface area contributed by atoms with Crippen molar-refractivity contribution < 1.29 is 14.7 Å². The molecule has 0 aliphatic rings. The molecule has 0 aliphatic heterocycles. The maximum absolute atomic E-state index is 11.4. The van der Waals surface area contributed by atoms with Crippen molar-refractivity contribution >= 4 is 22.7 Å². The van der Waals surface area contributed by atoms with Crippen LogP contribution in [0.4, 0.5) is 0 Å². The van der Waals surface area contributed by atoms with E-state index in [0.717, 1.165) is 5.69 Å². The minimum atomic E-state index is -1.01. The average Bonchev–Trinajstić information content (AvgIpc) is 2.55. The SMILES string of the molecule is CC(=O)c1nn(CC(=O)O)c2cnc(C)cc12. The van der Waals surface area contributed by atoms with Crippen LogP contribution in [0.15, 0.2) is 12.3 Å². The minimum absolute atomic E-state index is 0.190. The van der Waals surface area contributed by atoms with E-state index in [1.807, 2.05) is 0 Å². The molecule has 0 spiro atoms. The van der Waals surface area contributed by atoms with Gasteiger partial charge in [-0.25, -0.2) is 0 Å². The normalized spacial score (nSPS) is 10.7. The molecule has 2 heterocycles. The molecule has 6 nitrogen and oxygen atoms in total. The summed E-state index contributed by atoms with van der Waals surface area (Å²) in [6.07, 6.45) is 1.53. The summed E-state index contributed by atoms with van der Waals surface area (Å²) < 4.78 is 1.28. The van der Waals surface area contributed by atoms with Crippen molar-refractivity contribution in [2.45, 2.75) is 20.4 Å². The van der Waals surface area contributed by atoms with Gasteiger partial charge in [0.2, 0.25) is 0 Å². The summed E-state index contributed by atoms with van der Waals surface area (Å²) >= 11 is 0. The number of carbonyl (C=O) groups is 2. The number of aliphatic carboxylic acids is 1. The van der Waals surface area contributed by atoms with Gasteiger partial charge < -0.3 is 5.11 Å². The van der Waals surface area contributed by atoms with Gasteiger partial charge in [0.05, 0.1) is 11.7 Å². The van der Waals surface area contributed by atoms with Crippen LogP contribution < -0.4 is 0 Å². The molecule has 88 valence electrons. The molecule has 0 aromatic carbocycles. The van der Waals surface area contributed by atoms with Crippen molar-refractivity contribution in [1.29, 1.82) is 0 Å². The molecule has 0 saturated carbocycles. The fourth-order valence-corrected chi connectivity index (χ4v) is 1.69. The number of hydrogen-bond acceptors (Lipinski definition) is 4. The lowest BCUT2D eigenvalue weighted by Gasteiger charge is -1.98. The first kappa shape index (κ1) is 11.3. The Hall–Kier alpha value is -2.24. The van der Waals surface area contributed by atoms with Gasteiger partial charge in [-0.15, -0.1) is 0 Å². The summed E-state index contributed by atoms with van der Waals surface area (Å²) in [6, 6.07) is 1.73. The summed E-state index contributed by atoms with van der Waals surface area (Å²) in [5.41, 5.74) is 1.60. The second-order valence-electron chi connectivity index (χ2n) is 3.80. The van der Waals surface area contributed by atoms with Gasteiger partial charge in [-0.1, -0.05) is 0 Å². The van der Waals surface area contributed by atoms with E-state index < -0.39 is 5.97 Å². The highest BCUT2D eigenvalue weighted by Gasteiger charge is 2.15. The largest absolute Gasteiger partial charge is 0.480 e. The molecule has 1 N–H and O–H groups in total. The highest BCUT2D eigenvalue weighted by Crippen LogP contribution is 2.19. The predicted octanol–water partition coefficient (Wildman–Crippen LogP) is 1.03. The number of carboxylic acids is 1. The number of aryl methyl sites for hydroxylation is 1. The number of nitrogens with zero attached hydrogens (tertiary/aromatic N) is 3. The van der Waals surface area contributed by atoms with Crippen molar-refractivity contribution in [3.8, 4) is 0 Å². The summed E-state index contributed by atoms with van der Waals surface area (Å²) in [7, 11) is 0. The van der Waals surface area contributed by atoms with Crippen LogP contribution in [0.2, 0.25) is 0 Å². The highest BCUT2D eigenvalue weighted by atomic mass is 16.4. The van der Waals surface area contributed by atoms with Crippen molar-refractivity contribution in [2.75, 3.05) is 0 Å². The van der Waals surface area contributed by atoms with Gasteiger partial charge in [0.1, 0.15) is 12.2 Å². The van der Waals surface area contributed by atoms with E-state index in [1.165, 1.54) is 17.8 Å². The summed E-state index contributed by atoms with van der Waals surface area (Å²) in [5, 5.41) is 13.4. The van der Waals surface area contributed by atoms with Gasteiger partial charge in [-0.05, 0) is 13.0 Å². The van der Waals surface area contributed by atoms with Gasteiger partial charge in [0, 0.05) is 18.0 Å². The topological polar surface area (TPSA) is 85.1 Å². The molecule has 2 aromatic rings. The van der Waals surface area contributed by atoms with E-state index >= 15 is 0 Å². The van der Waals surface area contributed by atoms with Crippen LogP contribution in [0.25, 0.3) is 10.9 Å². The number of rotatable bonds is 3. The Kier molecular flexibility index (Phi) is 2.63. The average molecular weight is 233 g/mol. The standard InChI is InChI=1S/C11H11N3O3/c1-6-3-8-9(4-12-6)14(5-10(16)17)13-11(8)7(2)15/h3-4H,5H2,1-2H3,(H,16,17). The Labute approximate surface area is 96.9 Å². The van der Waals surface area contributed by atoms with Crippen LogP contribution in [0.5, 0.6) is 0 Å². The fourth-order valence-electron chi connectivity index (χ4n) is 1.69. The maximum atomic E-state index is 11.4. The van der Waals surface area contributed by atoms with Crippen LogP contribution in [0.3, 0.4) is 0 Å². The number of pyridine rings is 1. The van der Waals surface area contributed by atoms with E-state index in [4.69, 9.17) is 5.11 Å². The lowest BCUT2D eigenvalue weighted by Crippen LogP contribution is -2.10. The molecule has 2 aromatic heterocycles. The molecule has 0 bridgehead atoms. The van der Waals surface area contributed by atoms with Crippen molar-refractivity contribution in [3.05, 3.63) is 23.7 Å². The first-order valence-electron chi connectivity index (χ1n) is 5.05. The van der Waals surface area contributed by atoms with Gasteiger partial charge in [-0.2, -0.15) is 5.10 Å². The van der Waals surface area contributed by atoms with Gasteiger partial charge in [0.25, 0.3) is 0 Å². The number of Topliss-reactive ketones (excluding diaryl/α,β-unsaturated/α-hetero) is 1. The Balaban J connectivity index is 2.70. The monoisotopic (exact) mass is 233 g/mol. The third-order valence-electron chi connectivity index (χ3n) is 2.39. The molecular formula is C11H11N3O3. The van der Waals surface area contributed by atoms with E-state index in [0.29, 0.717) is 10.9 Å². The van der Waals surface area contributed by atoms with Crippen LogP contribution in [-0.2, 0) is 11.3 Å². The number of ketones is 1. The van der Waals surface area contributed by atoms with Gasteiger partial charge >= 0.3 is 5.97 Å². The second kappa shape index (κ2) is 3.97. The first-order valence-corrected chi connectivity index (χ1v) is 5.05. The molecular weight excluding hydrogens is 222 g/mol. The first-order chi connectivity index (χ1) is 7.99. The molecule has 2 rings (SSSR count). The summed E-state index contributed by atoms with van der Waals surface area (Å²) in [5.74, 6) is -1.20. The van der Waals surface area contributed by atoms with Gasteiger partial charge in [0.15, 0.2) is 5.78 Å². The summed E-state index contributed by atoms with van der Waals surface area (Å²) in [4.78, 5) is 26.2. The third kappa shape index (κ3) is 2.01. The van der Waals surface area contributed by atoms with Crippen LogP contribution in [-0.4, -0.2) is 31.6 Å². The lowest BCUT2D eigenvalue weighted by atomic mass is 10.2. The van der Waals surface area contributed by atoms with Crippen molar-refractivity contribution in [2.24, 2.45) is 0 Å². The molecule has 6 heteroatoms. The van der Waals surface area contributed by atoms with Crippen molar-refractivity contribution in [3.63, 3.8) is 0 Å². The Morgan fingerprint density at radius 3 is 2.76 bits per heavy atom. The Morgan fingerprint density at radius 2 is 2.18 bits per heavy atom. The molecule has 0 amide bonds. The van der Waals surface area contributed by atoms with Gasteiger partial charge in [-0.3, -0.25) is 19.3 Å². The quantitative estimate of drug-likeness (QED) is 0.800. The van der Waals surface area contributed by atoms with E-state index in [-0.39, 0.29) is 18.0 Å². The zero-order valence-corrected chi connectivity index (χ0v) is 9.47. The minimum Gasteiger partial charge on any atom is -0.480 e. The molecule has 0 saturated heterocycles. The molecule has 17 heavy (non-hydrogen) atoms. The van der Waals surface area contributed by atoms with E-state index in [2.05, 4.69) is 10.1 Å². The molecule has 0 radical (unpaired) electrons. The number of carboxylic acid groups (broad SMARTS) is 1. The summed E-state index contributed by atoms with van der Waals surface area (Å²) in [6.45, 7) is 2.93. The van der Waals surface area contributed by atoms with E-state index in [1.54, 1.807) is 13.0 Å². The number of hydrogen-bond donors (Lipinski definition) is 1. The molecule has 0 fully saturated rings. The van der Waals surface area contributed by atoms with Crippen molar-refractivity contribution in [1.82, 2.24) is 14.8 Å². The molecule has 0 atom stereocenters. The Morgan fingerprint density at radius 1 is 1.47 bits per heavy atom. The second-order valence-corrected chi connectivity index (χ2v) is 3.80. The predicted molar refractivity (Wildman–Crippen MR) is 59.9 cm³/mol. The number of fused-ring (bicyclic) bond motifs is 1. The molecule has 0 unspecified atom stereocenters. The Bertz CT molecular complexity index is 616. The zero-order valence-electron chi connectivity index (χ0n) is 9.47. The lowest BCUT2D eigenvalue weighted by molar-refractivity contribution is -0.137. The van der Waals surface area contributed by atoms with Crippen LogP contribution in [0.1, 0.15) is 23.1 Å². The highest BCUT2D eigenvalue weighted by molar-refractivity contribution is 6.04. The van der Waals surface area contributed by atoms with E-state index in [9.17, 15) is 9.59 Å². The maximum Gasteiger partial charge on any atom is 0.325 e.